The van der Waals surface area contributed by atoms with Crippen LogP contribution in [0.1, 0.15) is 13.7 Å². The predicted molar refractivity (Wildman–Crippen MR) is 226 cm³/mol. The van der Waals surface area contributed by atoms with Crippen LogP contribution >= 0.6 is 0 Å². The number of hydrogen-bond donors (Lipinski definition) is 0. The molecule has 2 aliphatic rings. The number of fused-ring (bicyclic) bond motifs is 5. The largest absolute Gasteiger partial charge is 0.457 e. The number of para-hydroxylation sites is 2. The fourth-order valence-corrected chi connectivity index (χ4v) is 7.32. The molecule has 0 saturated carbocycles. The van der Waals surface area contributed by atoms with Gasteiger partial charge in [0.1, 0.15) is 17.3 Å². The molecule has 0 N–H and O–H groups in total. The molecule has 0 saturated heterocycles. The summed E-state index contributed by atoms with van der Waals surface area (Å²) in [6, 6.07) is 35.9. The van der Waals surface area contributed by atoms with E-state index in [1.807, 2.05) is 90.0 Å². The van der Waals surface area contributed by atoms with Crippen LogP contribution in [0.5, 0.6) is 11.5 Å². The summed E-state index contributed by atoms with van der Waals surface area (Å²) >= 11 is 0. The van der Waals surface area contributed by atoms with E-state index in [0.29, 0.717) is 17.2 Å². The third-order valence-electron chi connectivity index (χ3n) is 9.72. The Morgan fingerprint density at radius 1 is 0.491 bits per heavy atom. The number of ether oxygens (including phenoxy) is 1. The molecule has 1 aromatic heterocycles. The van der Waals surface area contributed by atoms with Gasteiger partial charge in [0.05, 0.1) is 37.4 Å². The number of aromatic nitrogens is 1. The molecule has 0 fully saturated rings. The average molecular weight is 719 g/mol. The van der Waals surface area contributed by atoms with Gasteiger partial charge in [0.15, 0.2) is 0 Å². The van der Waals surface area contributed by atoms with Crippen molar-refractivity contribution >= 4 is 28.6 Å². The van der Waals surface area contributed by atoms with Crippen molar-refractivity contribution < 1.29 is 18.4 Å². The van der Waals surface area contributed by atoms with Gasteiger partial charge in [-0.1, -0.05) is 133 Å². The lowest BCUT2D eigenvalue weighted by molar-refractivity contribution is 0.483. The number of benzene rings is 7. The molecule has 0 bridgehead atoms. The summed E-state index contributed by atoms with van der Waals surface area (Å²) in [7, 11) is 0. The highest BCUT2D eigenvalue weighted by Crippen LogP contribution is 2.51. The van der Waals surface area contributed by atoms with Crippen molar-refractivity contribution in [3.8, 4) is 56.0 Å². The van der Waals surface area contributed by atoms with Gasteiger partial charge >= 0.3 is 0 Å². The van der Waals surface area contributed by atoms with E-state index in [1.165, 1.54) is 0 Å². The zero-order valence-electron chi connectivity index (χ0n) is 39.3. The molecule has 2 aliphatic heterocycles. The molecular weight excluding hydrogens is 673 g/mol. The number of pyridine rings is 1. The molecule has 0 radical (unpaired) electrons. The van der Waals surface area contributed by atoms with Crippen LogP contribution in [0.2, 0.25) is 0 Å². The van der Waals surface area contributed by atoms with Crippen LogP contribution in [0.25, 0.3) is 44.5 Å². The van der Waals surface area contributed by atoms with Gasteiger partial charge in [-0.3, -0.25) is 4.90 Å². The molecule has 0 aliphatic carbocycles. The fourth-order valence-electron chi connectivity index (χ4n) is 7.32. The molecule has 0 amide bonds. The molecule has 3 heterocycles. The summed E-state index contributed by atoms with van der Waals surface area (Å²) < 4.78 is 92.4. The predicted octanol–water partition coefficient (Wildman–Crippen LogP) is 13.1. The maximum Gasteiger partial charge on any atom is 0.137 e. The first-order chi connectivity index (χ1) is 31.4. The molecular formula is C50H36N4O. The molecule has 7 aromatic carbocycles. The maximum absolute atomic E-state index is 8.87. The van der Waals surface area contributed by atoms with E-state index in [-0.39, 0.29) is 28.9 Å². The Bertz CT molecular complexity index is 3130. The number of anilines is 5. The van der Waals surface area contributed by atoms with Gasteiger partial charge in [-0.15, -0.1) is 0 Å². The molecule has 5 nitrogen and oxygen atoms in total. The van der Waals surface area contributed by atoms with Crippen LogP contribution in [0, 0.1) is 0 Å². The highest BCUT2D eigenvalue weighted by Gasteiger charge is 2.27. The maximum atomic E-state index is 8.87. The molecule has 0 unspecified atom stereocenters. The van der Waals surface area contributed by atoms with Crippen LogP contribution in [-0.4, -0.2) is 11.7 Å². The summed E-state index contributed by atoms with van der Waals surface area (Å²) in [6.07, 6.45) is 5.33. The van der Waals surface area contributed by atoms with E-state index in [1.54, 1.807) is 35.5 Å². The smallest absolute Gasteiger partial charge is 0.137 e. The van der Waals surface area contributed by atoms with Gasteiger partial charge in [0.25, 0.3) is 0 Å². The molecule has 8 aromatic rings. The number of rotatable bonds is 7. The van der Waals surface area contributed by atoms with Gasteiger partial charge in [-0.25, -0.2) is 4.98 Å². The first-order valence-electron chi connectivity index (χ1n) is 22.7. The first kappa shape index (κ1) is 23.3. The summed E-state index contributed by atoms with van der Waals surface area (Å²) in [5, 5.41) is 0. The zero-order valence-corrected chi connectivity index (χ0v) is 29.3. The van der Waals surface area contributed by atoms with Crippen molar-refractivity contribution in [2.75, 3.05) is 21.4 Å². The lowest BCUT2D eigenvalue weighted by Crippen LogP contribution is -2.25. The van der Waals surface area contributed by atoms with Gasteiger partial charge in [0.2, 0.25) is 0 Å². The Labute approximate surface area is 335 Å². The Balaban J connectivity index is 1.03. The van der Waals surface area contributed by atoms with Gasteiger partial charge in [0, 0.05) is 58.7 Å². The Morgan fingerprint density at radius 3 is 1.80 bits per heavy atom. The second-order valence-electron chi connectivity index (χ2n) is 12.9. The average Bonchev–Trinajstić information content (AvgIpc) is 3.78. The molecule has 0 atom stereocenters. The van der Waals surface area contributed by atoms with Gasteiger partial charge in [-0.2, -0.15) is 0 Å². The highest BCUT2D eigenvalue weighted by atomic mass is 16.5. The summed E-state index contributed by atoms with van der Waals surface area (Å²) in [5.74, 6) is 1.89. The number of hydrogen-bond acceptors (Lipinski definition) is 5. The van der Waals surface area contributed by atoms with Gasteiger partial charge in [-0.05, 0) is 64.7 Å². The minimum Gasteiger partial charge on any atom is -0.457 e. The van der Waals surface area contributed by atoms with E-state index in [4.69, 9.17) is 23.4 Å². The SMILES string of the molecule is [2H]c1c([2H])c([2H])c(-c2cccc(-c3c([2H])c([2H])c([2H])c([2H])c3[2H])c2N2C=CN(c3cccc(Oc4ccc5c(c4)N(c4ccccn4)c4ccccc4-c4ccccc4-5)c3)C2)c([2H])c1[2H]. The van der Waals surface area contributed by atoms with E-state index < -0.39 is 60.4 Å². The molecule has 262 valence electrons. The topological polar surface area (TPSA) is 31.8 Å². The Hall–Kier alpha value is -7.37. The third-order valence-corrected chi connectivity index (χ3v) is 9.72. The first-order valence-corrected chi connectivity index (χ1v) is 17.7. The van der Waals surface area contributed by atoms with Gasteiger partial charge < -0.3 is 14.5 Å². The van der Waals surface area contributed by atoms with Crippen LogP contribution in [-0.2, 0) is 0 Å². The normalized spacial score (nSPS) is 15.4. The lowest BCUT2D eigenvalue weighted by atomic mass is 9.95. The lowest BCUT2D eigenvalue weighted by Gasteiger charge is -2.27. The quantitative estimate of drug-likeness (QED) is 0.164. The van der Waals surface area contributed by atoms with Crippen molar-refractivity contribution in [3.63, 3.8) is 0 Å². The zero-order chi connectivity index (χ0) is 45.3. The minimum absolute atomic E-state index is 0.0863. The van der Waals surface area contributed by atoms with Crippen LogP contribution < -0.4 is 19.4 Å². The third kappa shape index (κ3) is 5.98. The van der Waals surface area contributed by atoms with Crippen molar-refractivity contribution in [1.29, 1.82) is 0 Å². The second-order valence-corrected chi connectivity index (χ2v) is 12.9. The van der Waals surface area contributed by atoms with Crippen LogP contribution in [0.15, 0.2) is 206 Å². The standard InChI is InChI=1S/C50H36N4O/c1-3-15-36(16-4-1)41-24-14-25-42(37-17-5-2-6-18-37)50(41)53-32-31-52(35-53)38-19-13-20-39(33-38)55-40-28-29-46-44-22-8-7-21-43(44)45-23-9-10-26-47(45)54(48(46)34-40)49-27-11-12-30-51-49/h1-34H,35H2/i1D,2D,3D,4D,5D,6D,15D,16D,17D,18D. The molecule has 10 rings (SSSR count). The second kappa shape index (κ2) is 13.9. The van der Waals surface area contributed by atoms with Crippen LogP contribution in [0.4, 0.5) is 28.6 Å². The van der Waals surface area contributed by atoms with Crippen molar-refractivity contribution in [2.45, 2.75) is 0 Å². The fraction of sp³-hybridized carbons (Fsp3) is 0.0200. The monoisotopic (exact) mass is 718 g/mol. The molecule has 0 spiro atoms. The van der Waals surface area contributed by atoms with Crippen molar-refractivity contribution in [1.82, 2.24) is 4.98 Å². The molecule has 55 heavy (non-hydrogen) atoms. The van der Waals surface area contributed by atoms with E-state index in [9.17, 15) is 0 Å². The van der Waals surface area contributed by atoms with Crippen molar-refractivity contribution in [2.24, 2.45) is 0 Å². The molecule has 5 heteroatoms. The Kier molecular flexibility index (Phi) is 5.89. The minimum atomic E-state index is -0.548. The summed E-state index contributed by atoms with van der Waals surface area (Å²) in [6.45, 7) is 0.140. The highest BCUT2D eigenvalue weighted by molar-refractivity contribution is 6.02. The Morgan fingerprint density at radius 2 is 1.09 bits per heavy atom. The number of nitrogens with zero attached hydrogens (tertiary/aromatic N) is 4. The van der Waals surface area contributed by atoms with E-state index in [0.717, 1.165) is 45.1 Å². The van der Waals surface area contributed by atoms with Crippen LogP contribution in [0.3, 0.4) is 0 Å². The van der Waals surface area contributed by atoms with Crippen molar-refractivity contribution in [3.05, 3.63) is 206 Å². The summed E-state index contributed by atoms with van der Waals surface area (Å²) in [5.41, 5.74) is 7.44. The van der Waals surface area contributed by atoms with E-state index >= 15 is 0 Å². The summed E-state index contributed by atoms with van der Waals surface area (Å²) in [4.78, 5) is 10.6. The van der Waals surface area contributed by atoms with E-state index in [2.05, 4.69) is 35.2 Å².